The molecule has 0 spiro atoms. The molecule has 0 aliphatic carbocycles. The Bertz CT molecular complexity index is 570. The van der Waals surface area contributed by atoms with Gasteiger partial charge in [0.1, 0.15) is 5.37 Å². The Kier molecular flexibility index (Phi) is 3.30. The molecule has 1 fully saturated rings. The SMILES string of the molecule is C[C@@H]1S[C@@H](c2ccccc2)N(c2ccccc2)C1=O. The van der Waals surface area contributed by atoms with Crippen LogP contribution >= 0.6 is 11.8 Å². The van der Waals surface area contributed by atoms with Gasteiger partial charge in [0.05, 0.1) is 5.25 Å². The van der Waals surface area contributed by atoms with Crippen LogP contribution in [0.15, 0.2) is 60.7 Å². The summed E-state index contributed by atoms with van der Waals surface area (Å²) >= 11 is 1.71. The van der Waals surface area contributed by atoms with Crippen LogP contribution in [0, 0.1) is 0 Å². The summed E-state index contributed by atoms with van der Waals surface area (Å²) in [7, 11) is 0. The Labute approximate surface area is 117 Å². The number of amides is 1. The zero-order valence-corrected chi connectivity index (χ0v) is 11.5. The van der Waals surface area contributed by atoms with Gasteiger partial charge in [-0.05, 0) is 24.6 Å². The van der Waals surface area contributed by atoms with E-state index >= 15 is 0 Å². The first-order valence-corrected chi connectivity index (χ1v) is 7.30. The van der Waals surface area contributed by atoms with Crippen molar-refractivity contribution in [1.82, 2.24) is 0 Å². The third-order valence-corrected chi connectivity index (χ3v) is 4.62. The van der Waals surface area contributed by atoms with Crippen molar-refractivity contribution in [1.29, 1.82) is 0 Å². The molecule has 0 bridgehead atoms. The summed E-state index contributed by atoms with van der Waals surface area (Å²) in [4.78, 5) is 14.3. The number of benzene rings is 2. The number of thioether (sulfide) groups is 1. The van der Waals surface area contributed by atoms with Gasteiger partial charge in [0.2, 0.25) is 5.91 Å². The maximum Gasteiger partial charge on any atom is 0.241 e. The van der Waals surface area contributed by atoms with Crippen LogP contribution in [0.3, 0.4) is 0 Å². The molecule has 1 amide bonds. The Morgan fingerprint density at radius 2 is 1.53 bits per heavy atom. The van der Waals surface area contributed by atoms with Crippen molar-refractivity contribution in [2.75, 3.05) is 4.90 Å². The average molecular weight is 269 g/mol. The predicted octanol–water partition coefficient (Wildman–Crippen LogP) is 3.85. The van der Waals surface area contributed by atoms with Crippen LogP contribution in [-0.4, -0.2) is 11.2 Å². The number of anilines is 1. The summed E-state index contributed by atoms with van der Waals surface area (Å²) in [5.41, 5.74) is 2.15. The number of carbonyl (C=O) groups excluding carboxylic acids is 1. The largest absolute Gasteiger partial charge is 0.295 e. The highest BCUT2D eigenvalue weighted by Crippen LogP contribution is 2.45. The van der Waals surface area contributed by atoms with Crippen LogP contribution in [0.2, 0.25) is 0 Å². The standard InChI is InChI=1S/C16H15NOS/c1-12-15(18)17(14-10-6-3-7-11-14)16(19-12)13-8-4-2-5-9-13/h2-12,16H,1H3/t12-,16-/m0/s1. The van der Waals surface area contributed by atoms with E-state index in [1.807, 2.05) is 60.4 Å². The quantitative estimate of drug-likeness (QED) is 0.825. The average Bonchev–Trinajstić information content (AvgIpc) is 2.77. The van der Waals surface area contributed by atoms with Crippen molar-refractivity contribution in [3.8, 4) is 0 Å². The van der Waals surface area contributed by atoms with Gasteiger partial charge in [0.25, 0.3) is 0 Å². The van der Waals surface area contributed by atoms with Gasteiger partial charge in [-0.15, -0.1) is 11.8 Å². The maximum absolute atomic E-state index is 12.4. The molecule has 2 nitrogen and oxygen atoms in total. The predicted molar refractivity (Wildman–Crippen MR) is 80.2 cm³/mol. The highest BCUT2D eigenvalue weighted by atomic mass is 32.2. The minimum atomic E-state index is 0.00501. The number of carbonyl (C=O) groups is 1. The zero-order valence-electron chi connectivity index (χ0n) is 10.7. The second-order valence-electron chi connectivity index (χ2n) is 4.59. The summed E-state index contributed by atoms with van der Waals surface area (Å²) in [6.07, 6.45) is 0. The Morgan fingerprint density at radius 3 is 2.16 bits per heavy atom. The van der Waals surface area contributed by atoms with Gasteiger partial charge in [-0.2, -0.15) is 0 Å². The smallest absolute Gasteiger partial charge is 0.241 e. The highest BCUT2D eigenvalue weighted by molar-refractivity contribution is 8.01. The second-order valence-corrected chi connectivity index (χ2v) is 6.01. The molecule has 96 valence electrons. The van der Waals surface area contributed by atoms with Crippen molar-refractivity contribution in [2.45, 2.75) is 17.5 Å². The lowest BCUT2D eigenvalue weighted by atomic mass is 10.2. The molecule has 3 heteroatoms. The van der Waals surface area contributed by atoms with Gasteiger partial charge in [-0.1, -0.05) is 48.5 Å². The first-order valence-electron chi connectivity index (χ1n) is 6.36. The van der Waals surface area contributed by atoms with E-state index in [4.69, 9.17) is 0 Å². The molecule has 0 N–H and O–H groups in total. The Hall–Kier alpha value is -1.74. The highest BCUT2D eigenvalue weighted by Gasteiger charge is 2.39. The number of para-hydroxylation sites is 1. The third-order valence-electron chi connectivity index (χ3n) is 3.27. The normalized spacial score (nSPS) is 22.8. The molecule has 1 saturated heterocycles. The molecular weight excluding hydrogens is 254 g/mol. The van der Waals surface area contributed by atoms with Crippen molar-refractivity contribution < 1.29 is 4.79 Å². The van der Waals surface area contributed by atoms with Gasteiger partial charge < -0.3 is 0 Å². The number of nitrogens with zero attached hydrogens (tertiary/aromatic N) is 1. The van der Waals surface area contributed by atoms with E-state index in [0.717, 1.165) is 5.69 Å². The second kappa shape index (κ2) is 5.10. The first-order chi connectivity index (χ1) is 9.27. The summed E-state index contributed by atoms with van der Waals surface area (Å²) in [5.74, 6) is 0.185. The lowest BCUT2D eigenvalue weighted by Gasteiger charge is -2.24. The minimum Gasteiger partial charge on any atom is -0.295 e. The molecule has 1 heterocycles. The van der Waals surface area contributed by atoms with Crippen molar-refractivity contribution in [3.63, 3.8) is 0 Å². The fourth-order valence-corrected chi connectivity index (χ4v) is 3.60. The van der Waals surface area contributed by atoms with Crippen molar-refractivity contribution >= 4 is 23.4 Å². The number of hydrogen-bond donors (Lipinski definition) is 0. The van der Waals surface area contributed by atoms with E-state index < -0.39 is 0 Å². The molecule has 2 aromatic carbocycles. The molecule has 0 saturated carbocycles. The monoisotopic (exact) mass is 269 g/mol. The first kappa shape index (κ1) is 12.3. The van der Waals surface area contributed by atoms with E-state index in [9.17, 15) is 4.79 Å². The van der Waals surface area contributed by atoms with E-state index in [1.165, 1.54) is 5.56 Å². The van der Waals surface area contributed by atoms with E-state index in [-0.39, 0.29) is 16.5 Å². The Morgan fingerprint density at radius 1 is 0.947 bits per heavy atom. The van der Waals surface area contributed by atoms with E-state index in [2.05, 4.69) is 12.1 Å². The van der Waals surface area contributed by atoms with Crippen LogP contribution in [0.5, 0.6) is 0 Å². The van der Waals surface area contributed by atoms with Crippen molar-refractivity contribution in [2.24, 2.45) is 0 Å². The van der Waals surface area contributed by atoms with Gasteiger partial charge in [-0.25, -0.2) is 0 Å². The molecular formula is C16H15NOS. The molecule has 2 aromatic rings. The molecule has 0 unspecified atom stereocenters. The maximum atomic E-state index is 12.4. The van der Waals surface area contributed by atoms with Crippen LogP contribution in [0.4, 0.5) is 5.69 Å². The molecule has 1 aliphatic rings. The molecule has 3 rings (SSSR count). The van der Waals surface area contributed by atoms with Crippen LogP contribution < -0.4 is 4.90 Å². The Balaban J connectivity index is 2.02. The van der Waals surface area contributed by atoms with Crippen LogP contribution in [-0.2, 0) is 4.79 Å². The van der Waals surface area contributed by atoms with E-state index in [1.54, 1.807) is 11.8 Å². The van der Waals surface area contributed by atoms with Gasteiger partial charge in [0, 0.05) is 5.69 Å². The lowest BCUT2D eigenvalue weighted by molar-refractivity contribution is -0.117. The zero-order chi connectivity index (χ0) is 13.2. The lowest BCUT2D eigenvalue weighted by Crippen LogP contribution is -2.29. The number of hydrogen-bond acceptors (Lipinski definition) is 2. The van der Waals surface area contributed by atoms with Crippen LogP contribution in [0.25, 0.3) is 0 Å². The topological polar surface area (TPSA) is 20.3 Å². The summed E-state index contributed by atoms with van der Waals surface area (Å²) in [6.45, 7) is 1.98. The van der Waals surface area contributed by atoms with Crippen LogP contribution in [0.1, 0.15) is 17.9 Å². The summed E-state index contributed by atoms with van der Waals surface area (Å²) in [6, 6.07) is 20.1. The summed E-state index contributed by atoms with van der Waals surface area (Å²) in [5, 5.41) is 0.0801. The fraction of sp³-hybridized carbons (Fsp3) is 0.188. The molecule has 0 radical (unpaired) electrons. The van der Waals surface area contributed by atoms with Gasteiger partial charge in [-0.3, -0.25) is 9.69 Å². The fourth-order valence-electron chi connectivity index (χ4n) is 2.32. The third kappa shape index (κ3) is 2.26. The molecule has 1 aliphatic heterocycles. The molecule has 2 atom stereocenters. The van der Waals surface area contributed by atoms with Gasteiger partial charge >= 0.3 is 0 Å². The molecule has 0 aromatic heterocycles. The van der Waals surface area contributed by atoms with E-state index in [0.29, 0.717) is 0 Å². The minimum absolute atomic E-state index is 0.00501. The van der Waals surface area contributed by atoms with Gasteiger partial charge in [0.15, 0.2) is 0 Å². The summed E-state index contributed by atoms with van der Waals surface area (Å²) < 4.78 is 0. The number of rotatable bonds is 2. The molecule has 19 heavy (non-hydrogen) atoms. The van der Waals surface area contributed by atoms with Crippen molar-refractivity contribution in [3.05, 3.63) is 66.2 Å².